The van der Waals surface area contributed by atoms with Gasteiger partial charge < -0.3 is 14.4 Å². The zero-order chi connectivity index (χ0) is 13.3. The van der Waals surface area contributed by atoms with E-state index in [0.717, 1.165) is 0 Å². The molecule has 0 aromatic heterocycles. The molecule has 2 atom stereocenters. The summed E-state index contributed by atoms with van der Waals surface area (Å²) in [6.07, 6.45) is -2.43. The zero-order valence-electron chi connectivity index (χ0n) is 9.41. The maximum Gasteiger partial charge on any atom is 0.323 e. The van der Waals surface area contributed by atoms with Crippen LogP contribution in [-0.2, 0) is 29.9 Å². The summed E-state index contributed by atoms with van der Waals surface area (Å²) < 4.78 is 19.7. The van der Waals surface area contributed by atoms with Gasteiger partial charge in [0.05, 0.1) is 19.6 Å². The third-order valence-electron chi connectivity index (χ3n) is 1.48. The molecule has 0 bridgehead atoms. The fourth-order valence-electron chi connectivity index (χ4n) is 0.892. The number of carbonyl (C=O) groups excluding carboxylic acids is 2. The van der Waals surface area contributed by atoms with Gasteiger partial charge in [0.15, 0.2) is 5.25 Å². The van der Waals surface area contributed by atoms with Crippen molar-refractivity contribution in [3.05, 3.63) is 0 Å². The van der Waals surface area contributed by atoms with Crippen LogP contribution in [0.3, 0.4) is 0 Å². The van der Waals surface area contributed by atoms with E-state index in [9.17, 15) is 18.7 Å². The lowest BCUT2D eigenvalue weighted by Crippen LogP contribution is -2.24. The van der Waals surface area contributed by atoms with E-state index >= 15 is 0 Å². The smallest absolute Gasteiger partial charge is 0.323 e. The van der Waals surface area contributed by atoms with Crippen LogP contribution in [0.4, 0.5) is 0 Å². The minimum Gasteiger partial charge on any atom is -0.607 e. The second-order valence-corrected chi connectivity index (χ2v) is 7.79. The van der Waals surface area contributed by atoms with Crippen LogP contribution in [0.1, 0.15) is 20.3 Å². The van der Waals surface area contributed by atoms with Crippen molar-refractivity contribution in [1.82, 2.24) is 0 Å². The Balaban J connectivity index is 4.55. The molecule has 0 aliphatic carbocycles. The average Bonchev–Trinajstić information content (AvgIpc) is 2.28. The molecule has 0 aromatic rings. The Labute approximate surface area is 107 Å². The van der Waals surface area contributed by atoms with Crippen molar-refractivity contribution in [1.29, 1.82) is 0 Å². The zero-order valence-corrected chi connectivity index (χ0v) is 11.9. The van der Waals surface area contributed by atoms with Gasteiger partial charge in [-0.05, 0) is 13.8 Å². The average molecular weight is 300 g/mol. The van der Waals surface area contributed by atoms with Crippen LogP contribution >= 0.6 is 17.5 Å². The number of hydrogen-bond acceptors (Lipinski definition) is 7. The largest absolute Gasteiger partial charge is 0.607 e. The highest BCUT2D eigenvalue weighted by atomic mass is 32.9. The minimum absolute atomic E-state index is 0.109. The molecule has 0 heterocycles. The van der Waals surface area contributed by atoms with Crippen LogP contribution in [0.5, 0.6) is 0 Å². The van der Waals surface area contributed by atoms with Crippen LogP contribution in [0, 0.1) is 0 Å². The number of rotatable bonds is 7. The molecule has 98 valence electrons. The Bertz CT molecular complexity index is 328. The summed E-state index contributed by atoms with van der Waals surface area (Å²) in [5.41, 5.74) is 0. The van der Waals surface area contributed by atoms with E-state index < -0.39 is 23.3 Å². The maximum atomic E-state index is 11.4. The summed E-state index contributed by atoms with van der Waals surface area (Å²) in [4.78, 5) is 33.7. The van der Waals surface area contributed by atoms with Gasteiger partial charge in [-0.2, -0.15) is 4.21 Å². The van der Waals surface area contributed by atoms with Gasteiger partial charge in [-0.1, -0.05) is 0 Å². The third kappa shape index (κ3) is 7.49. The number of esters is 2. The fraction of sp³-hybridized carbons (Fsp3) is 0.750. The second kappa shape index (κ2) is 9.58. The van der Waals surface area contributed by atoms with Gasteiger partial charge in [0.1, 0.15) is 11.4 Å². The third-order valence-corrected chi connectivity index (χ3v) is 5.36. The van der Waals surface area contributed by atoms with Crippen molar-refractivity contribution in [2.45, 2.75) is 25.5 Å². The van der Waals surface area contributed by atoms with Crippen LogP contribution in [0.2, 0.25) is 0 Å². The standard InChI is InChI=1S/C8H13O6PS2/c1-3-13-7(9)5-6(8(10)14-4-2)16-15(11)17-12/h6H,3-5H2,1-2H3. The van der Waals surface area contributed by atoms with Crippen molar-refractivity contribution in [2.75, 3.05) is 13.2 Å². The van der Waals surface area contributed by atoms with Gasteiger partial charge in [-0.25, -0.2) is 0 Å². The van der Waals surface area contributed by atoms with Crippen LogP contribution in [0.25, 0.3) is 0 Å². The highest BCUT2D eigenvalue weighted by Crippen LogP contribution is 2.36. The first-order valence-corrected chi connectivity index (χ1v) is 8.90. The molecule has 0 saturated heterocycles. The topological polar surface area (TPSA) is 92.7 Å². The molecule has 2 unspecified atom stereocenters. The summed E-state index contributed by atoms with van der Waals surface area (Å²) >= 11 is 0.631. The van der Waals surface area contributed by atoms with E-state index in [4.69, 9.17) is 4.74 Å². The second-order valence-electron chi connectivity index (χ2n) is 2.65. The van der Waals surface area contributed by atoms with Gasteiger partial charge >= 0.3 is 22.8 Å². The number of carbonyl (C=O) groups is 2. The van der Waals surface area contributed by atoms with Gasteiger partial charge in [-0.3, -0.25) is 9.59 Å². The SMILES string of the molecule is CCOC(=O)CC(S[P+]([O-])=S=O)C(=O)OCC. The molecule has 0 aromatic carbocycles. The summed E-state index contributed by atoms with van der Waals surface area (Å²) in [6.45, 7) is 3.60. The first-order chi connectivity index (χ1) is 8.04. The molecular weight excluding hydrogens is 287 g/mol. The predicted molar refractivity (Wildman–Crippen MR) is 64.3 cm³/mol. The molecule has 9 heteroatoms. The maximum absolute atomic E-state index is 11.4. The Morgan fingerprint density at radius 3 is 2.35 bits per heavy atom. The molecule has 0 radical (unpaired) electrons. The van der Waals surface area contributed by atoms with Gasteiger partial charge in [0, 0.05) is 0 Å². The van der Waals surface area contributed by atoms with Crippen molar-refractivity contribution in [3.63, 3.8) is 0 Å². The van der Waals surface area contributed by atoms with Crippen LogP contribution in [0.15, 0.2) is 0 Å². The summed E-state index contributed by atoms with van der Waals surface area (Å²) in [6, 6.07) is 0. The fourth-order valence-corrected chi connectivity index (χ4v) is 3.96. The summed E-state index contributed by atoms with van der Waals surface area (Å²) in [5.74, 6) is -1.25. The minimum atomic E-state index is -2.18. The molecule has 0 fully saturated rings. The first-order valence-electron chi connectivity index (χ1n) is 4.81. The van der Waals surface area contributed by atoms with E-state index in [1.165, 1.54) is 0 Å². The quantitative estimate of drug-likeness (QED) is 0.496. The molecule has 0 aliphatic heterocycles. The van der Waals surface area contributed by atoms with Crippen LogP contribution < -0.4 is 4.89 Å². The molecule has 17 heavy (non-hydrogen) atoms. The van der Waals surface area contributed by atoms with E-state index in [-0.39, 0.29) is 30.5 Å². The molecular formula is C8H13O6PS2. The molecule has 6 nitrogen and oxygen atoms in total. The van der Waals surface area contributed by atoms with Gasteiger partial charge in [0.2, 0.25) is 6.13 Å². The lowest BCUT2D eigenvalue weighted by molar-refractivity contribution is -0.149. The van der Waals surface area contributed by atoms with Crippen molar-refractivity contribution in [3.8, 4) is 0 Å². The Morgan fingerprint density at radius 1 is 1.29 bits per heavy atom. The summed E-state index contributed by atoms with van der Waals surface area (Å²) in [7, 11) is -0.109. The number of hydrogen-bond donors (Lipinski definition) is 0. The molecule has 0 N–H and O–H groups in total. The molecule has 0 spiro atoms. The normalized spacial score (nSPS) is 12.5. The molecule has 0 saturated carbocycles. The predicted octanol–water partition coefficient (Wildman–Crippen LogP) is 0.405. The van der Waals surface area contributed by atoms with Crippen LogP contribution in [-0.4, -0.2) is 34.6 Å². The van der Waals surface area contributed by atoms with E-state index in [2.05, 4.69) is 4.74 Å². The number of ether oxygens (including phenoxy) is 2. The van der Waals surface area contributed by atoms with Crippen molar-refractivity contribution >= 4 is 40.3 Å². The molecule has 0 rings (SSSR count). The highest BCUT2D eigenvalue weighted by Gasteiger charge is 2.29. The van der Waals surface area contributed by atoms with Gasteiger partial charge in [-0.15, -0.1) is 0 Å². The van der Waals surface area contributed by atoms with E-state index in [1.54, 1.807) is 13.8 Å². The van der Waals surface area contributed by atoms with E-state index in [0.29, 0.717) is 11.4 Å². The lowest BCUT2D eigenvalue weighted by Gasteiger charge is -2.10. The van der Waals surface area contributed by atoms with Crippen molar-refractivity contribution in [2.24, 2.45) is 0 Å². The van der Waals surface area contributed by atoms with E-state index in [1.807, 2.05) is 0 Å². The summed E-state index contributed by atoms with van der Waals surface area (Å²) in [5, 5.41) is -0.959. The Hall–Kier alpha value is -0.430. The monoisotopic (exact) mass is 300 g/mol. The lowest BCUT2D eigenvalue weighted by atomic mass is 10.3. The molecule has 0 amide bonds. The highest BCUT2D eigenvalue weighted by molar-refractivity contribution is 8.63. The van der Waals surface area contributed by atoms with Gasteiger partial charge in [0.25, 0.3) is 0 Å². The molecule has 0 aliphatic rings. The first kappa shape index (κ1) is 16.6. The Kier molecular flexibility index (Phi) is 9.34. The van der Waals surface area contributed by atoms with Crippen molar-refractivity contribution < 1.29 is 28.2 Å². The Morgan fingerprint density at radius 2 is 1.88 bits per heavy atom.